The molecule has 3 aromatic rings. The van der Waals surface area contributed by atoms with Gasteiger partial charge in [0, 0.05) is 18.1 Å². The number of benzene rings is 3. The highest BCUT2D eigenvalue weighted by Crippen LogP contribution is 2.28. The molecule has 0 aliphatic heterocycles. The van der Waals surface area contributed by atoms with Crippen LogP contribution < -0.4 is 9.62 Å². The van der Waals surface area contributed by atoms with Crippen LogP contribution in [0.4, 0.5) is 5.69 Å². The van der Waals surface area contributed by atoms with Crippen molar-refractivity contribution in [1.82, 2.24) is 10.2 Å². The Labute approximate surface area is 224 Å². The molecule has 0 spiro atoms. The normalized spacial score (nSPS) is 12.0. The van der Waals surface area contributed by atoms with Gasteiger partial charge in [-0.05, 0) is 69.2 Å². The maximum atomic E-state index is 13.8. The van der Waals surface area contributed by atoms with Gasteiger partial charge in [-0.25, -0.2) is 8.42 Å². The number of hydrogen-bond donors (Lipinski definition) is 1. The fourth-order valence-electron chi connectivity index (χ4n) is 4.00. The molecule has 0 fully saturated rings. The lowest BCUT2D eigenvalue weighted by molar-refractivity contribution is -0.139. The molecular weight excluding hydrogens is 510 g/mol. The van der Waals surface area contributed by atoms with Crippen LogP contribution in [0, 0.1) is 13.8 Å². The van der Waals surface area contributed by atoms with Crippen molar-refractivity contribution in [1.29, 1.82) is 0 Å². The number of carbonyl (C=O) groups excluding carboxylic acids is 2. The average Bonchev–Trinajstić information content (AvgIpc) is 2.86. The van der Waals surface area contributed by atoms with Crippen LogP contribution >= 0.6 is 11.6 Å². The summed E-state index contributed by atoms with van der Waals surface area (Å²) in [6, 6.07) is 19.6. The summed E-state index contributed by atoms with van der Waals surface area (Å²) in [5, 5.41) is 3.16. The van der Waals surface area contributed by atoms with Crippen molar-refractivity contribution < 1.29 is 18.0 Å². The van der Waals surface area contributed by atoms with Crippen LogP contribution in [0.25, 0.3) is 0 Å². The molecule has 1 atom stereocenters. The minimum Gasteiger partial charge on any atom is -0.355 e. The minimum atomic E-state index is -4.13. The Hall–Kier alpha value is -3.36. The van der Waals surface area contributed by atoms with Crippen LogP contribution in [-0.2, 0) is 26.2 Å². The Bertz CT molecular complexity index is 1360. The molecule has 0 aliphatic rings. The number of aryl methyl sites for hydroxylation is 2. The van der Waals surface area contributed by atoms with Gasteiger partial charge in [-0.3, -0.25) is 13.9 Å². The van der Waals surface area contributed by atoms with E-state index in [1.807, 2.05) is 31.2 Å². The first-order valence-corrected chi connectivity index (χ1v) is 13.8. The van der Waals surface area contributed by atoms with Gasteiger partial charge in [0.05, 0.1) is 10.6 Å². The molecule has 1 N–H and O–H groups in total. The summed E-state index contributed by atoms with van der Waals surface area (Å²) in [4.78, 5) is 28.0. The number of likely N-dealkylation sites (N-methyl/N-ethyl adjacent to an activating group) is 1. The Balaban J connectivity index is 2.04. The lowest BCUT2D eigenvalue weighted by atomic mass is 10.1. The van der Waals surface area contributed by atoms with Crippen molar-refractivity contribution in [2.75, 3.05) is 17.4 Å². The minimum absolute atomic E-state index is 0.00922. The van der Waals surface area contributed by atoms with Crippen LogP contribution in [0.5, 0.6) is 0 Å². The van der Waals surface area contributed by atoms with Crippen molar-refractivity contribution in [3.8, 4) is 0 Å². The molecule has 0 unspecified atom stereocenters. The van der Waals surface area contributed by atoms with Crippen LogP contribution in [0.2, 0.25) is 5.02 Å². The standard InChI is InChI=1S/C28H32ClN3O4S/c1-5-30-28(34)22(4)31(18-23-11-8-9-20(2)17-23)27(33)19-32(26-12-7-6-10-21(26)3)37(35,36)25-15-13-24(29)14-16-25/h6-17,22H,5,18-19H2,1-4H3,(H,30,34)/t22-/m0/s1. The second kappa shape index (κ2) is 12.3. The van der Waals surface area contributed by atoms with Gasteiger partial charge in [0.1, 0.15) is 12.6 Å². The molecule has 37 heavy (non-hydrogen) atoms. The summed E-state index contributed by atoms with van der Waals surface area (Å²) in [7, 11) is -4.13. The van der Waals surface area contributed by atoms with E-state index in [0.29, 0.717) is 22.8 Å². The molecule has 0 saturated heterocycles. The number of para-hydroxylation sites is 1. The van der Waals surface area contributed by atoms with Gasteiger partial charge in [-0.2, -0.15) is 0 Å². The van der Waals surface area contributed by atoms with E-state index in [2.05, 4.69) is 5.32 Å². The van der Waals surface area contributed by atoms with E-state index in [1.54, 1.807) is 45.0 Å². The lowest BCUT2D eigenvalue weighted by Gasteiger charge is -2.32. The van der Waals surface area contributed by atoms with Gasteiger partial charge in [0.15, 0.2) is 0 Å². The number of sulfonamides is 1. The topological polar surface area (TPSA) is 86.8 Å². The summed E-state index contributed by atoms with van der Waals surface area (Å²) in [6.45, 7) is 7.26. The van der Waals surface area contributed by atoms with E-state index in [0.717, 1.165) is 15.4 Å². The van der Waals surface area contributed by atoms with E-state index in [1.165, 1.54) is 29.2 Å². The first-order chi connectivity index (χ1) is 17.5. The van der Waals surface area contributed by atoms with E-state index in [9.17, 15) is 18.0 Å². The van der Waals surface area contributed by atoms with E-state index in [-0.39, 0.29) is 17.3 Å². The molecule has 7 nitrogen and oxygen atoms in total. The Morgan fingerprint density at radius 1 is 0.973 bits per heavy atom. The van der Waals surface area contributed by atoms with E-state index in [4.69, 9.17) is 11.6 Å². The zero-order chi connectivity index (χ0) is 27.2. The molecule has 2 amide bonds. The number of hydrogen-bond acceptors (Lipinski definition) is 4. The summed E-state index contributed by atoms with van der Waals surface area (Å²) in [6.07, 6.45) is 0. The Morgan fingerprint density at radius 3 is 2.27 bits per heavy atom. The van der Waals surface area contributed by atoms with Gasteiger partial charge in [0.2, 0.25) is 11.8 Å². The predicted octanol–water partition coefficient (Wildman–Crippen LogP) is 4.71. The third kappa shape index (κ3) is 6.90. The highest BCUT2D eigenvalue weighted by molar-refractivity contribution is 7.92. The van der Waals surface area contributed by atoms with Crippen molar-refractivity contribution >= 4 is 39.1 Å². The molecule has 0 radical (unpaired) electrons. The highest BCUT2D eigenvalue weighted by atomic mass is 35.5. The SMILES string of the molecule is CCNC(=O)[C@H](C)N(Cc1cccc(C)c1)C(=O)CN(c1ccccc1C)S(=O)(=O)c1ccc(Cl)cc1. The van der Waals surface area contributed by atoms with Gasteiger partial charge < -0.3 is 10.2 Å². The summed E-state index contributed by atoms with van der Waals surface area (Å²) >= 11 is 5.98. The van der Waals surface area contributed by atoms with Gasteiger partial charge >= 0.3 is 0 Å². The smallest absolute Gasteiger partial charge is 0.264 e. The second-order valence-electron chi connectivity index (χ2n) is 8.83. The third-order valence-corrected chi connectivity index (χ3v) is 8.04. The zero-order valence-electron chi connectivity index (χ0n) is 21.4. The summed E-state index contributed by atoms with van der Waals surface area (Å²) < 4.78 is 28.7. The molecule has 0 heterocycles. The number of amides is 2. The monoisotopic (exact) mass is 541 g/mol. The van der Waals surface area contributed by atoms with Crippen LogP contribution in [0.3, 0.4) is 0 Å². The highest BCUT2D eigenvalue weighted by Gasteiger charge is 2.33. The molecule has 0 aliphatic carbocycles. The average molecular weight is 542 g/mol. The maximum Gasteiger partial charge on any atom is 0.264 e. The first-order valence-electron chi connectivity index (χ1n) is 12.0. The molecule has 196 valence electrons. The second-order valence-corrected chi connectivity index (χ2v) is 11.1. The number of carbonyl (C=O) groups is 2. The molecule has 0 aromatic heterocycles. The van der Waals surface area contributed by atoms with Crippen LogP contribution in [0.15, 0.2) is 77.7 Å². The number of nitrogens with zero attached hydrogens (tertiary/aromatic N) is 2. The van der Waals surface area contributed by atoms with Gasteiger partial charge in [-0.1, -0.05) is 59.6 Å². The lowest BCUT2D eigenvalue weighted by Crippen LogP contribution is -2.51. The molecule has 0 bridgehead atoms. The van der Waals surface area contributed by atoms with Gasteiger partial charge in [0.25, 0.3) is 10.0 Å². The number of rotatable bonds is 10. The number of nitrogens with one attached hydrogen (secondary N) is 1. The molecule has 3 aromatic carbocycles. The van der Waals surface area contributed by atoms with Crippen molar-refractivity contribution in [3.63, 3.8) is 0 Å². The number of halogens is 1. The number of anilines is 1. The zero-order valence-corrected chi connectivity index (χ0v) is 23.0. The molecule has 0 saturated carbocycles. The molecular formula is C28H32ClN3O4S. The summed E-state index contributed by atoms with van der Waals surface area (Å²) in [5.74, 6) is -0.812. The van der Waals surface area contributed by atoms with Crippen LogP contribution in [-0.4, -0.2) is 44.3 Å². The quantitative estimate of drug-likeness (QED) is 0.403. The molecule has 9 heteroatoms. The van der Waals surface area contributed by atoms with Gasteiger partial charge in [-0.15, -0.1) is 0 Å². The summed E-state index contributed by atoms with van der Waals surface area (Å²) in [5.41, 5.74) is 2.93. The first kappa shape index (κ1) is 28.2. The largest absolute Gasteiger partial charge is 0.355 e. The molecule has 3 rings (SSSR count). The van der Waals surface area contributed by atoms with Crippen LogP contribution in [0.1, 0.15) is 30.5 Å². The Kier molecular flexibility index (Phi) is 9.34. The third-order valence-electron chi connectivity index (χ3n) is 6.02. The van der Waals surface area contributed by atoms with Crippen molar-refractivity contribution in [2.24, 2.45) is 0 Å². The Morgan fingerprint density at radius 2 is 1.65 bits per heavy atom. The van der Waals surface area contributed by atoms with Crippen molar-refractivity contribution in [3.05, 3.63) is 94.5 Å². The van der Waals surface area contributed by atoms with E-state index < -0.39 is 28.5 Å². The predicted molar refractivity (Wildman–Crippen MR) is 147 cm³/mol. The fourth-order valence-corrected chi connectivity index (χ4v) is 5.61. The fraction of sp³-hybridized carbons (Fsp3) is 0.286. The van der Waals surface area contributed by atoms with Crippen molar-refractivity contribution in [2.45, 2.75) is 45.2 Å². The van der Waals surface area contributed by atoms with E-state index >= 15 is 0 Å². The maximum absolute atomic E-state index is 13.8.